The van der Waals surface area contributed by atoms with Gasteiger partial charge >= 0.3 is 5.97 Å². The summed E-state index contributed by atoms with van der Waals surface area (Å²) in [5.41, 5.74) is 1.15. The lowest BCUT2D eigenvalue weighted by Gasteiger charge is -2.17. The van der Waals surface area contributed by atoms with Crippen LogP contribution in [0.5, 0.6) is 0 Å². The molecule has 0 bridgehead atoms. The Morgan fingerprint density at radius 1 is 1.26 bits per heavy atom. The Labute approximate surface area is 112 Å². The van der Waals surface area contributed by atoms with Crippen LogP contribution in [0, 0.1) is 0 Å². The molecule has 0 saturated carbocycles. The second-order valence-electron chi connectivity index (χ2n) is 4.39. The van der Waals surface area contributed by atoms with Crippen LogP contribution < -0.4 is 5.32 Å². The SMILES string of the molecule is C/C(=C/C(=O)N(C)C)N[C@@H](C(=O)O)c1ccccc1. The molecule has 1 aromatic rings. The highest BCUT2D eigenvalue weighted by atomic mass is 16.4. The number of nitrogens with one attached hydrogen (secondary N) is 1. The molecule has 2 N–H and O–H groups in total. The first-order chi connectivity index (χ1) is 8.91. The van der Waals surface area contributed by atoms with Crippen molar-refractivity contribution in [2.24, 2.45) is 0 Å². The lowest BCUT2D eigenvalue weighted by molar-refractivity contribution is -0.139. The first-order valence-corrected chi connectivity index (χ1v) is 5.85. The Balaban J connectivity index is 2.87. The number of nitrogens with zero attached hydrogens (tertiary/aromatic N) is 1. The molecule has 1 atom stereocenters. The molecule has 0 aliphatic carbocycles. The number of hydrogen-bond acceptors (Lipinski definition) is 3. The van der Waals surface area contributed by atoms with Gasteiger partial charge in [-0.05, 0) is 12.5 Å². The fraction of sp³-hybridized carbons (Fsp3) is 0.286. The number of carbonyl (C=O) groups is 2. The minimum Gasteiger partial charge on any atom is -0.479 e. The van der Waals surface area contributed by atoms with E-state index in [4.69, 9.17) is 0 Å². The van der Waals surface area contributed by atoms with Crippen LogP contribution in [-0.4, -0.2) is 36.0 Å². The van der Waals surface area contributed by atoms with Gasteiger partial charge in [-0.15, -0.1) is 0 Å². The van der Waals surface area contributed by atoms with Crippen molar-refractivity contribution >= 4 is 11.9 Å². The molecule has 1 aromatic carbocycles. The average Bonchev–Trinajstić information content (AvgIpc) is 2.36. The third-order valence-corrected chi connectivity index (χ3v) is 2.53. The number of likely N-dealkylation sites (N-methyl/N-ethyl adjacent to an activating group) is 1. The second-order valence-corrected chi connectivity index (χ2v) is 4.39. The summed E-state index contributed by atoms with van der Waals surface area (Å²) in [6.45, 7) is 1.67. The van der Waals surface area contributed by atoms with Crippen LogP contribution in [0.3, 0.4) is 0 Å². The molecule has 102 valence electrons. The number of amides is 1. The molecule has 1 amide bonds. The second kappa shape index (κ2) is 6.58. The van der Waals surface area contributed by atoms with Crippen LogP contribution in [0.1, 0.15) is 18.5 Å². The summed E-state index contributed by atoms with van der Waals surface area (Å²) in [7, 11) is 3.27. The summed E-state index contributed by atoms with van der Waals surface area (Å²) in [5.74, 6) is -1.18. The number of benzene rings is 1. The van der Waals surface area contributed by atoms with Crippen LogP contribution in [0.4, 0.5) is 0 Å². The van der Waals surface area contributed by atoms with Gasteiger partial charge in [-0.3, -0.25) is 4.79 Å². The van der Waals surface area contributed by atoms with Crippen LogP contribution in [0.25, 0.3) is 0 Å². The Bertz CT molecular complexity index is 481. The van der Waals surface area contributed by atoms with Gasteiger partial charge in [0.15, 0.2) is 0 Å². The number of carboxylic acids is 1. The summed E-state index contributed by atoms with van der Waals surface area (Å²) in [4.78, 5) is 24.2. The lowest BCUT2D eigenvalue weighted by atomic mass is 10.1. The number of allylic oxidation sites excluding steroid dienone is 1. The molecule has 0 unspecified atom stereocenters. The monoisotopic (exact) mass is 262 g/mol. The molecule has 5 nitrogen and oxygen atoms in total. The Morgan fingerprint density at radius 3 is 2.32 bits per heavy atom. The molecular weight excluding hydrogens is 244 g/mol. The van der Waals surface area contributed by atoms with Crippen molar-refractivity contribution in [3.05, 3.63) is 47.7 Å². The predicted octanol–water partition coefficient (Wildman–Crippen LogP) is 1.39. The summed E-state index contributed by atoms with van der Waals surface area (Å²) < 4.78 is 0. The van der Waals surface area contributed by atoms with E-state index in [2.05, 4.69) is 5.32 Å². The van der Waals surface area contributed by atoms with Gasteiger partial charge in [0.05, 0.1) is 0 Å². The summed E-state index contributed by atoms with van der Waals surface area (Å²) in [6.07, 6.45) is 1.37. The third kappa shape index (κ3) is 4.46. The van der Waals surface area contributed by atoms with E-state index < -0.39 is 12.0 Å². The molecule has 0 radical (unpaired) electrons. The van der Waals surface area contributed by atoms with E-state index in [1.165, 1.54) is 11.0 Å². The van der Waals surface area contributed by atoms with Gasteiger partial charge in [0.1, 0.15) is 6.04 Å². The van der Waals surface area contributed by atoms with Gasteiger partial charge in [0, 0.05) is 25.9 Å². The molecule has 0 aliphatic rings. The number of aliphatic carboxylic acids is 1. The highest BCUT2D eigenvalue weighted by molar-refractivity contribution is 5.87. The van der Waals surface area contributed by atoms with E-state index in [0.29, 0.717) is 11.3 Å². The van der Waals surface area contributed by atoms with E-state index >= 15 is 0 Å². The maximum Gasteiger partial charge on any atom is 0.330 e. The fourth-order valence-corrected chi connectivity index (χ4v) is 1.52. The van der Waals surface area contributed by atoms with Gasteiger partial charge in [-0.25, -0.2) is 4.79 Å². The van der Waals surface area contributed by atoms with E-state index in [0.717, 1.165) is 0 Å². The van der Waals surface area contributed by atoms with Crippen LogP contribution in [0.2, 0.25) is 0 Å². The molecule has 0 aliphatic heterocycles. The molecule has 19 heavy (non-hydrogen) atoms. The van der Waals surface area contributed by atoms with E-state index in [-0.39, 0.29) is 5.91 Å². The third-order valence-electron chi connectivity index (χ3n) is 2.53. The van der Waals surface area contributed by atoms with Crippen molar-refractivity contribution in [2.75, 3.05) is 14.1 Å². The molecule has 0 fully saturated rings. The highest BCUT2D eigenvalue weighted by Crippen LogP contribution is 2.14. The maximum atomic E-state index is 11.5. The van der Waals surface area contributed by atoms with Crippen molar-refractivity contribution < 1.29 is 14.7 Å². The number of carboxylic acid groups (broad SMARTS) is 1. The van der Waals surface area contributed by atoms with Gasteiger partial charge in [-0.2, -0.15) is 0 Å². The highest BCUT2D eigenvalue weighted by Gasteiger charge is 2.19. The van der Waals surface area contributed by atoms with Gasteiger partial charge in [-0.1, -0.05) is 30.3 Å². The summed E-state index contributed by atoms with van der Waals surface area (Å²) >= 11 is 0. The Hall–Kier alpha value is -2.30. The van der Waals surface area contributed by atoms with E-state index in [9.17, 15) is 14.7 Å². The molecule has 0 heterocycles. The van der Waals surface area contributed by atoms with Crippen LogP contribution in [-0.2, 0) is 9.59 Å². The van der Waals surface area contributed by atoms with Crippen molar-refractivity contribution in [1.29, 1.82) is 0 Å². The van der Waals surface area contributed by atoms with Crippen molar-refractivity contribution in [3.8, 4) is 0 Å². The van der Waals surface area contributed by atoms with E-state index in [1.54, 1.807) is 45.3 Å². The number of rotatable bonds is 5. The zero-order valence-corrected chi connectivity index (χ0v) is 11.3. The first-order valence-electron chi connectivity index (χ1n) is 5.85. The standard InChI is InChI=1S/C14H18N2O3/c1-10(9-12(17)16(2)3)15-13(14(18)19)11-7-5-4-6-8-11/h4-9,13,15H,1-3H3,(H,18,19)/b10-9-/t13-/m1/s1. The lowest BCUT2D eigenvalue weighted by Crippen LogP contribution is -2.28. The quantitative estimate of drug-likeness (QED) is 0.787. The van der Waals surface area contributed by atoms with Crippen molar-refractivity contribution in [3.63, 3.8) is 0 Å². The number of hydrogen-bond donors (Lipinski definition) is 2. The van der Waals surface area contributed by atoms with E-state index in [1.807, 2.05) is 6.07 Å². The van der Waals surface area contributed by atoms with Gasteiger partial charge in [0.2, 0.25) is 5.91 Å². The fourth-order valence-electron chi connectivity index (χ4n) is 1.52. The van der Waals surface area contributed by atoms with Crippen LogP contribution >= 0.6 is 0 Å². The summed E-state index contributed by atoms with van der Waals surface area (Å²) in [6, 6.07) is 7.96. The molecule has 5 heteroatoms. The molecule has 0 spiro atoms. The van der Waals surface area contributed by atoms with Gasteiger partial charge < -0.3 is 15.3 Å². The largest absolute Gasteiger partial charge is 0.479 e. The van der Waals surface area contributed by atoms with Crippen LogP contribution in [0.15, 0.2) is 42.1 Å². The minimum absolute atomic E-state index is 0.192. The zero-order chi connectivity index (χ0) is 14.4. The molecule has 0 saturated heterocycles. The molecular formula is C14H18N2O3. The normalized spacial score (nSPS) is 12.7. The topological polar surface area (TPSA) is 69.6 Å². The minimum atomic E-state index is -0.990. The maximum absolute atomic E-state index is 11.5. The van der Waals surface area contributed by atoms with Gasteiger partial charge in [0.25, 0.3) is 0 Å². The predicted molar refractivity (Wildman–Crippen MR) is 72.4 cm³/mol. The van der Waals surface area contributed by atoms with Crippen molar-refractivity contribution in [1.82, 2.24) is 10.2 Å². The smallest absolute Gasteiger partial charge is 0.330 e. The molecule has 0 aromatic heterocycles. The molecule has 1 rings (SSSR count). The average molecular weight is 262 g/mol. The summed E-state index contributed by atoms with van der Waals surface area (Å²) in [5, 5.41) is 12.1. The van der Waals surface area contributed by atoms with Crippen molar-refractivity contribution in [2.45, 2.75) is 13.0 Å². The number of carbonyl (C=O) groups excluding carboxylic acids is 1. The Kier molecular flexibility index (Phi) is 5.11. The first kappa shape index (κ1) is 14.8. The zero-order valence-electron chi connectivity index (χ0n) is 11.3. The Morgan fingerprint density at radius 2 is 1.84 bits per heavy atom.